The van der Waals surface area contributed by atoms with Crippen molar-refractivity contribution in [3.8, 4) is 0 Å². The van der Waals surface area contributed by atoms with Gasteiger partial charge in [-0.25, -0.2) is 15.0 Å². The minimum atomic E-state index is -1.21. The first-order valence-corrected chi connectivity index (χ1v) is 6.82. The SMILES string of the molecule is OCCNc1ncnc2c1ncn2C1O[C@H](CO)[C@@H](O)[C@H]1O. The Hall–Kier alpha value is -1.85. The quantitative estimate of drug-likeness (QED) is 0.417. The predicted octanol–water partition coefficient (Wildman–Crippen LogP) is -2.16. The van der Waals surface area contributed by atoms with E-state index in [0.29, 0.717) is 23.5 Å². The summed E-state index contributed by atoms with van der Waals surface area (Å²) in [4.78, 5) is 12.3. The standard InChI is InChI=1S/C12H17N5O5/c18-2-1-13-10-7-11(15-4-14-10)17(5-16-7)12-9(21)8(20)6(3-19)22-12/h4-6,8-9,12,18-21H,1-3H2,(H,13,14,15)/t6-,8-,9-,12?/m1/s1. The molecule has 5 N–H and O–H groups in total. The molecule has 1 fully saturated rings. The van der Waals surface area contributed by atoms with Crippen LogP contribution in [0.2, 0.25) is 0 Å². The molecule has 1 saturated heterocycles. The Labute approximate surface area is 125 Å². The van der Waals surface area contributed by atoms with Crippen LogP contribution in [0.4, 0.5) is 5.82 Å². The molecule has 10 nitrogen and oxygen atoms in total. The maximum atomic E-state index is 10.1. The van der Waals surface area contributed by atoms with Gasteiger partial charge in [-0.05, 0) is 0 Å². The number of aromatic nitrogens is 4. The van der Waals surface area contributed by atoms with E-state index in [9.17, 15) is 10.2 Å². The fourth-order valence-corrected chi connectivity index (χ4v) is 2.45. The maximum Gasteiger partial charge on any atom is 0.167 e. The summed E-state index contributed by atoms with van der Waals surface area (Å²) in [6, 6.07) is 0. The molecular weight excluding hydrogens is 294 g/mol. The molecule has 1 unspecified atom stereocenters. The van der Waals surface area contributed by atoms with Crippen LogP contribution in [0.15, 0.2) is 12.7 Å². The Bertz CT molecular complexity index is 650. The van der Waals surface area contributed by atoms with Gasteiger partial charge in [0.2, 0.25) is 0 Å². The molecule has 0 saturated carbocycles. The third-order valence-electron chi connectivity index (χ3n) is 3.55. The minimum absolute atomic E-state index is 0.0545. The van der Waals surface area contributed by atoms with E-state index in [4.69, 9.17) is 14.9 Å². The maximum absolute atomic E-state index is 10.1. The highest BCUT2D eigenvalue weighted by Gasteiger charge is 2.43. The minimum Gasteiger partial charge on any atom is -0.395 e. The van der Waals surface area contributed by atoms with Gasteiger partial charge in [0.25, 0.3) is 0 Å². The first-order valence-electron chi connectivity index (χ1n) is 6.82. The molecule has 3 rings (SSSR count). The van der Waals surface area contributed by atoms with Crippen LogP contribution >= 0.6 is 0 Å². The highest BCUT2D eigenvalue weighted by Crippen LogP contribution is 2.31. The number of rotatable bonds is 5. The van der Waals surface area contributed by atoms with Crippen molar-refractivity contribution in [2.75, 3.05) is 25.1 Å². The van der Waals surface area contributed by atoms with Gasteiger partial charge in [0.05, 0.1) is 19.5 Å². The molecule has 0 bridgehead atoms. The van der Waals surface area contributed by atoms with E-state index < -0.39 is 31.1 Å². The van der Waals surface area contributed by atoms with Crippen molar-refractivity contribution in [3.63, 3.8) is 0 Å². The summed E-state index contributed by atoms with van der Waals surface area (Å²) < 4.78 is 6.94. The smallest absolute Gasteiger partial charge is 0.167 e. The topological polar surface area (TPSA) is 146 Å². The molecule has 0 aliphatic carbocycles. The third kappa shape index (κ3) is 2.40. The number of fused-ring (bicyclic) bond motifs is 1. The number of aliphatic hydroxyl groups excluding tert-OH is 4. The summed E-state index contributed by atoms with van der Waals surface area (Å²) in [5.74, 6) is 0.449. The zero-order valence-electron chi connectivity index (χ0n) is 11.6. The monoisotopic (exact) mass is 311 g/mol. The summed E-state index contributed by atoms with van der Waals surface area (Å²) in [7, 11) is 0. The number of nitrogens with one attached hydrogen (secondary N) is 1. The second-order valence-electron chi connectivity index (χ2n) is 4.93. The molecule has 0 aromatic carbocycles. The van der Waals surface area contributed by atoms with Gasteiger partial charge >= 0.3 is 0 Å². The van der Waals surface area contributed by atoms with Gasteiger partial charge in [0, 0.05) is 6.54 Å². The van der Waals surface area contributed by atoms with Crippen LogP contribution in [0.3, 0.4) is 0 Å². The summed E-state index contributed by atoms with van der Waals surface area (Å²) in [6.07, 6.45) is -1.44. The van der Waals surface area contributed by atoms with Gasteiger partial charge in [-0.15, -0.1) is 0 Å². The van der Waals surface area contributed by atoms with Gasteiger partial charge < -0.3 is 30.5 Å². The van der Waals surface area contributed by atoms with Crippen LogP contribution in [0.1, 0.15) is 6.23 Å². The lowest BCUT2D eigenvalue weighted by Crippen LogP contribution is -2.33. The largest absolute Gasteiger partial charge is 0.395 e. The number of hydrogen-bond donors (Lipinski definition) is 5. The van der Waals surface area contributed by atoms with Crippen LogP contribution in [-0.4, -0.2) is 78.0 Å². The van der Waals surface area contributed by atoms with E-state index >= 15 is 0 Å². The number of ether oxygens (including phenoxy) is 1. The Kier molecular flexibility index (Phi) is 4.18. The van der Waals surface area contributed by atoms with Crippen molar-refractivity contribution in [2.45, 2.75) is 24.5 Å². The lowest BCUT2D eigenvalue weighted by atomic mass is 10.1. The molecule has 0 amide bonds. The lowest BCUT2D eigenvalue weighted by Gasteiger charge is -2.16. The van der Waals surface area contributed by atoms with Crippen molar-refractivity contribution in [3.05, 3.63) is 12.7 Å². The van der Waals surface area contributed by atoms with Crippen molar-refractivity contribution in [2.24, 2.45) is 0 Å². The van der Waals surface area contributed by atoms with Crippen molar-refractivity contribution < 1.29 is 25.2 Å². The summed E-state index contributed by atoms with van der Waals surface area (Å²) in [5, 5.41) is 40.8. The van der Waals surface area contributed by atoms with Crippen molar-refractivity contribution in [1.82, 2.24) is 19.5 Å². The number of imidazole rings is 1. The first kappa shape index (κ1) is 15.1. The Morgan fingerprint density at radius 1 is 1.18 bits per heavy atom. The summed E-state index contributed by atoms with van der Waals surface area (Å²) in [5.41, 5.74) is 0.860. The summed E-state index contributed by atoms with van der Waals surface area (Å²) >= 11 is 0. The van der Waals surface area contributed by atoms with E-state index in [0.717, 1.165) is 0 Å². The molecule has 3 heterocycles. The van der Waals surface area contributed by atoms with E-state index in [1.54, 1.807) is 0 Å². The molecule has 1 aliphatic heterocycles. The molecule has 0 spiro atoms. The molecule has 10 heteroatoms. The second-order valence-corrected chi connectivity index (χ2v) is 4.93. The number of anilines is 1. The lowest BCUT2D eigenvalue weighted by molar-refractivity contribution is -0.0511. The summed E-state index contributed by atoms with van der Waals surface area (Å²) in [6.45, 7) is -0.145. The normalized spacial score (nSPS) is 28.4. The molecular formula is C12H17N5O5. The van der Waals surface area contributed by atoms with Crippen LogP contribution in [0, 0.1) is 0 Å². The molecule has 2 aromatic heterocycles. The van der Waals surface area contributed by atoms with Gasteiger partial charge in [-0.1, -0.05) is 0 Å². The molecule has 4 atom stereocenters. The number of hydrogen-bond acceptors (Lipinski definition) is 9. The van der Waals surface area contributed by atoms with Gasteiger partial charge in [0.1, 0.15) is 24.6 Å². The van der Waals surface area contributed by atoms with E-state index in [1.807, 2.05) is 0 Å². The van der Waals surface area contributed by atoms with Crippen molar-refractivity contribution >= 4 is 17.0 Å². The molecule has 0 radical (unpaired) electrons. The van der Waals surface area contributed by atoms with Crippen molar-refractivity contribution in [1.29, 1.82) is 0 Å². The second kappa shape index (κ2) is 6.10. The first-order chi connectivity index (χ1) is 10.7. The highest BCUT2D eigenvalue weighted by molar-refractivity contribution is 5.82. The van der Waals surface area contributed by atoms with Crippen LogP contribution in [-0.2, 0) is 4.74 Å². The average molecular weight is 311 g/mol. The zero-order valence-corrected chi connectivity index (χ0v) is 11.6. The van der Waals surface area contributed by atoms with Crippen LogP contribution < -0.4 is 5.32 Å². The van der Waals surface area contributed by atoms with E-state index in [2.05, 4.69) is 20.3 Å². The van der Waals surface area contributed by atoms with E-state index in [-0.39, 0.29) is 6.61 Å². The third-order valence-corrected chi connectivity index (χ3v) is 3.55. The van der Waals surface area contributed by atoms with Crippen LogP contribution in [0.5, 0.6) is 0 Å². The van der Waals surface area contributed by atoms with Gasteiger partial charge in [-0.3, -0.25) is 4.57 Å². The van der Waals surface area contributed by atoms with Crippen LogP contribution in [0.25, 0.3) is 11.2 Å². The molecule has 120 valence electrons. The molecule has 2 aromatic rings. The zero-order chi connectivity index (χ0) is 15.7. The molecule has 1 aliphatic rings. The fraction of sp³-hybridized carbons (Fsp3) is 0.583. The van der Waals surface area contributed by atoms with E-state index in [1.165, 1.54) is 17.2 Å². The van der Waals surface area contributed by atoms with Gasteiger partial charge in [-0.2, -0.15) is 0 Å². The predicted molar refractivity (Wildman–Crippen MR) is 73.9 cm³/mol. The number of nitrogens with zero attached hydrogens (tertiary/aromatic N) is 4. The Morgan fingerprint density at radius 2 is 2.00 bits per heavy atom. The highest BCUT2D eigenvalue weighted by atomic mass is 16.6. The number of aliphatic hydroxyl groups is 4. The Balaban J connectivity index is 1.95. The fourth-order valence-electron chi connectivity index (χ4n) is 2.45. The molecule has 22 heavy (non-hydrogen) atoms. The Morgan fingerprint density at radius 3 is 2.68 bits per heavy atom. The van der Waals surface area contributed by atoms with Gasteiger partial charge in [0.15, 0.2) is 23.2 Å². The average Bonchev–Trinajstić information content (AvgIpc) is 3.08.